The van der Waals surface area contributed by atoms with E-state index in [2.05, 4.69) is 25.2 Å². The molecule has 0 bridgehead atoms. The Morgan fingerprint density at radius 2 is 2.45 bits per heavy atom. The highest BCUT2D eigenvalue weighted by Crippen LogP contribution is 2.24. The molecule has 20 heavy (non-hydrogen) atoms. The summed E-state index contributed by atoms with van der Waals surface area (Å²) < 4.78 is 0. The van der Waals surface area contributed by atoms with E-state index >= 15 is 0 Å². The SMILES string of the molecule is NCC(=O)NC1CCCN(c2ncnc3[nH]ccc23)C1. The number of hydrogen-bond donors (Lipinski definition) is 3. The number of nitrogens with zero attached hydrogens (tertiary/aromatic N) is 3. The third-order valence-electron chi connectivity index (χ3n) is 3.60. The molecule has 0 saturated carbocycles. The largest absolute Gasteiger partial charge is 0.354 e. The maximum Gasteiger partial charge on any atom is 0.234 e. The van der Waals surface area contributed by atoms with Crippen LogP contribution in [0.1, 0.15) is 12.8 Å². The summed E-state index contributed by atoms with van der Waals surface area (Å²) in [6.45, 7) is 1.72. The summed E-state index contributed by atoms with van der Waals surface area (Å²) >= 11 is 0. The Labute approximate surface area is 116 Å². The molecule has 7 heteroatoms. The zero-order chi connectivity index (χ0) is 13.9. The lowest BCUT2D eigenvalue weighted by Crippen LogP contribution is -2.49. The second kappa shape index (κ2) is 5.46. The number of carbonyl (C=O) groups is 1. The second-order valence-electron chi connectivity index (χ2n) is 4.99. The molecule has 1 atom stereocenters. The number of fused-ring (bicyclic) bond motifs is 1. The smallest absolute Gasteiger partial charge is 0.234 e. The number of amides is 1. The van der Waals surface area contributed by atoms with E-state index in [-0.39, 0.29) is 18.5 Å². The first-order valence-electron chi connectivity index (χ1n) is 6.80. The zero-order valence-corrected chi connectivity index (χ0v) is 11.2. The molecular weight excluding hydrogens is 256 g/mol. The molecule has 1 aliphatic heterocycles. The number of piperidine rings is 1. The van der Waals surface area contributed by atoms with Crippen molar-refractivity contribution in [2.75, 3.05) is 24.5 Å². The van der Waals surface area contributed by atoms with Crippen LogP contribution in [0.2, 0.25) is 0 Å². The van der Waals surface area contributed by atoms with Crippen molar-refractivity contribution in [3.63, 3.8) is 0 Å². The van der Waals surface area contributed by atoms with E-state index < -0.39 is 0 Å². The Hall–Kier alpha value is -2.15. The van der Waals surface area contributed by atoms with Crippen LogP contribution in [0.15, 0.2) is 18.6 Å². The van der Waals surface area contributed by atoms with Gasteiger partial charge in [0.2, 0.25) is 5.91 Å². The van der Waals surface area contributed by atoms with Crippen LogP contribution in [-0.4, -0.2) is 46.5 Å². The summed E-state index contributed by atoms with van der Waals surface area (Å²) in [5.41, 5.74) is 6.18. The van der Waals surface area contributed by atoms with Gasteiger partial charge in [0.25, 0.3) is 0 Å². The van der Waals surface area contributed by atoms with Crippen molar-refractivity contribution in [2.45, 2.75) is 18.9 Å². The van der Waals surface area contributed by atoms with Crippen LogP contribution in [0.5, 0.6) is 0 Å². The van der Waals surface area contributed by atoms with Crippen LogP contribution < -0.4 is 16.0 Å². The number of aromatic amines is 1. The normalized spacial score (nSPS) is 19.2. The molecule has 0 spiro atoms. The number of nitrogens with one attached hydrogen (secondary N) is 2. The molecule has 2 aromatic heterocycles. The minimum atomic E-state index is -0.105. The molecule has 1 amide bonds. The molecule has 106 valence electrons. The quantitative estimate of drug-likeness (QED) is 0.731. The Morgan fingerprint density at radius 3 is 3.30 bits per heavy atom. The van der Waals surface area contributed by atoms with Gasteiger partial charge in [-0.25, -0.2) is 9.97 Å². The van der Waals surface area contributed by atoms with Crippen molar-refractivity contribution < 1.29 is 4.79 Å². The highest BCUT2D eigenvalue weighted by molar-refractivity contribution is 5.87. The number of hydrogen-bond acceptors (Lipinski definition) is 5. The van der Waals surface area contributed by atoms with Gasteiger partial charge < -0.3 is 20.9 Å². The average Bonchev–Trinajstić information content (AvgIpc) is 2.95. The van der Waals surface area contributed by atoms with Gasteiger partial charge in [-0.1, -0.05) is 0 Å². The van der Waals surface area contributed by atoms with Crippen molar-refractivity contribution in [1.29, 1.82) is 0 Å². The molecular formula is C13H18N6O. The fourth-order valence-electron chi connectivity index (χ4n) is 2.68. The highest BCUT2D eigenvalue weighted by Gasteiger charge is 2.23. The number of carbonyl (C=O) groups excluding carboxylic acids is 1. The van der Waals surface area contributed by atoms with Gasteiger partial charge in [-0.3, -0.25) is 4.79 Å². The van der Waals surface area contributed by atoms with Crippen molar-refractivity contribution in [3.8, 4) is 0 Å². The average molecular weight is 274 g/mol. The van der Waals surface area contributed by atoms with E-state index in [0.29, 0.717) is 0 Å². The summed E-state index contributed by atoms with van der Waals surface area (Å²) in [5.74, 6) is 0.814. The maximum atomic E-state index is 11.4. The molecule has 3 heterocycles. The molecule has 3 rings (SSSR count). The molecule has 0 aromatic carbocycles. The van der Waals surface area contributed by atoms with E-state index in [1.807, 2.05) is 12.3 Å². The third kappa shape index (κ3) is 2.44. The van der Waals surface area contributed by atoms with Crippen LogP contribution in [0.25, 0.3) is 11.0 Å². The molecule has 1 aliphatic rings. The van der Waals surface area contributed by atoms with Gasteiger partial charge in [0.1, 0.15) is 17.8 Å². The van der Waals surface area contributed by atoms with Gasteiger partial charge in [0.05, 0.1) is 11.9 Å². The van der Waals surface area contributed by atoms with Gasteiger partial charge >= 0.3 is 0 Å². The molecule has 4 N–H and O–H groups in total. The van der Waals surface area contributed by atoms with Crippen LogP contribution in [0.4, 0.5) is 5.82 Å². The summed E-state index contributed by atoms with van der Waals surface area (Å²) in [4.78, 5) is 25.3. The lowest BCUT2D eigenvalue weighted by atomic mass is 10.1. The van der Waals surface area contributed by atoms with E-state index in [4.69, 9.17) is 5.73 Å². The minimum Gasteiger partial charge on any atom is -0.354 e. The number of nitrogens with two attached hydrogens (primary N) is 1. The van der Waals surface area contributed by atoms with Crippen LogP contribution in [-0.2, 0) is 4.79 Å². The first-order valence-corrected chi connectivity index (χ1v) is 6.80. The van der Waals surface area contributed by atoms with Gasteiger partial charge in [-0.05, 0) is 18.9 Å². The van der Waals surface area contributed by atoms with Crippen molar-refractivity contribution >= 4 is 22.8 Å². The van der Waals surface area contributed by atoms with Crippen LogP contribution >= 0.6 is 0 Å². The van der Waals surface area contributed by atoms with Crippen LogP contribution in [0, 0.1) is 0 Å². The second-order valence-corrected chi connectivity index (χ2v) is 4.99. The topological polar surface area (TPSA) is 99.9 Å². The Balaban J connectivity index is 1.79. The maximum absolute atomic E-state index is 11.4. The van der Waals surface area contributed by atoms with Gasteiger partial charge in [-0.15, -0.1) is 0 Å². The van der Waals surface area contributed by atoms with E-state index in [9.17, 15) is 4.79 Å². The lowest BCUT2D eigenvalue weighted by Gasteiger charge is -2.34. The highest BCUT2D eigenvalue weighted by atomic mass is 16.1. The molecule has 0 aliphatic carbocycles. The number of rotatable bonds is 3. The van der Waals surface area contributed by atoms with E-state index in [1.54, 1.807) is 6.33 Å². The molecule has 0 radical (unpaired) electrons. The van der Waals surface area contributed by atoms with Crippen LogP contribution in [0.3, 0.4) is 0 Å². The predicted octanol–water partition coefficient (Wildman–Crippen LogP) is 0.00160. The molecule has 1 unspecified atom stereocenters. The third-order valence-corrected chi connectivity index (χ3v) is 3.60. The van der Waals surface area contributed by atoms with E-state index in [0.717, 1.165) is 42.8 Å². The molecule has 1 fully saturated rings. The van der Waals surface area contributed by atoms with Crippen molar-refractivity contribution in [1.82, 2.24) is 20.3 Å². The summed E-state index contributed by atoms with van der Waals surface area (Å²) in [6, 6.07) is 2.11. The fraction of sp³-hybridized carbons (Fsp3) is 0.462. The monoisotopic (exact) mass is 274 g/mol. The van der Waals surface area contributed by atoms with Gasteiger partial charge in [0.15, 0.2) is 0 Å². The first kappa shape index (κ1) is 12.9. The predicted molar refractivity (Wildman–Crippen MR) is 76.3 cm³/mol. The number of anilines is 1. The Bertz CT molecular complexity index is 610. The van der Waals surface area contributed by atoms with Gasteiger partial charge in [0, 0.05) is 25.3 Å². The molecule has 2 aromatic rings. The number of aromatic nitrogens is 3. The lowest BCUT2D eigenvalue weighted by molar-refractivity contribution is -0.120. The molecule has 7 nitrogen and oxygen atoms in total. The Kier molecular flexibility index (Phi) is 3.51. The fourth-order valence-corrected chi connectivity index (χ4v) is 2.68. The standard InChI is InChI=1S/C13H18N6O/c14-6-11(20)18-9-2-1-5-19(7-9)13-10-3-4-15-12(10)16-8-17-13/h3-4,8-9H,1-2,5-7,14H2,(H,18,20)(H,15,16,17). The Morgan fingerprint density at radius 1 is 1.55 bits per heavy atom. The van der Waals surface area contributed by atoms with Gasteiger partial charge in [-0.2, -0.15) is 0 Å². The minimum absolute atomic E-state index is 0.0338. The zero-order valence-electron chi connectivity index (χ0n) is 11.2. The molecule has 1 saturated heterocycles. The first-order chi connectivity index (χ1) is 9.78. The summed E-state index contributed by atoms with van der Waals surface area (Å²) in [5, 5.41) is 3.97. The summed E-state index contributed by atoms with van der Waals surface area (Å²) in [7, 11) is 0. The number of H-pyrrole nitrogens is 1. The van der Waals surface area contributed by atoms with Crippen molar-refractivity contribution in [3.05, 3.63) is 18.6 Å². The van der Waals surface area contributed by atoms with Crippen molar-refractivity contribution in [2.24, 2.45) is 5.73 Å². The summed E-state index contributed by atoms with van der Waals surface area (Å²) in [6.07, 6.45) is 5.42. The van der Waals surface area contributed by atoms with E-state index in [1.165, 1.54) is 0 Å².